The lowest BCUT2D eigenvalue weighted by Crippen LogP contribution is -2.21. The average Bonchev–Trinajstić information content (AvgIpc) is 3.24. The van der Waals surface area contributed by atoms with Gasteiger partial charge >= 0.3 is 0 Å². The predicted molar refractivity (Wildman–Crippen MR) is 111 cm³/mol. The van der Waals surface area contributed by atoms with E-state index in [-0.39, 0.29) is 24.2 Å². The van der Waals surface area contributed by atoms with Gasteiger partial charge in [-0.1, -0.05) is 6.07 Å². The van der Waals surface area contributed by atoms with E-state index in [9.17, 15) is 18.0 Å². The molecule has 1 aliphatic heterocycles. The highest BCUT2D eigenvalue weighted by Crippen LogP contribution is 2.28. The van der Waals surface area contributed by atoms with Crippen molar-refractivity contribution in [2.45, 2.75) is 12.5 Å². The minimum absolute atomic E-state index is 0. The predicted octanol–water partition coefficient (Wildman–Crippen LogP) is 3.98. The van der Waals surface area contributed by atoms with Gasteiger partial charge in [-0.15, -0.1) is 12.4 Å². The first-order chi connectivity index (χ1) is 14.5. The van der Waals surface area contributed by atoms with Gasteiger partial charge in [0.2, 0.25) is 0 Å². The highest BCUT2D eigenvalue weighted by atomic mass is 35.5. The molecule has 1 aliphatic rings. The highest BCUT2D eigenvalue weighted by Gasteiger charge is 2.21. The van der Waals surface area contributed by atoms with Gasteiger partial charge in [0.1, 0.15) is 46.4 Å². The van der Waals surface area contributed by atoms with E-state index in [4.69, 9.17) is 4.74 Å². The number of hydrogen-bond acceptors (Lipinski definition) is 5. The van der Waals surface area contributed by atoms with E-state index >= 15 is 0 Å². The van der Waals surface area contributed by atoms with Crippen LogP contribution in [0.5, 0.6) is 5.75 Å². The maximum absolute atomic E-state index is 14.2. The lowest BCUT2D eigenvalue weighted by molar-refractivity contribution is 0.102. The molecular weight excluding hydrogens is 433 g/mol. The molecule has 6 nitrogen and oxygen atoms in total. The molecule has 1 saturated heterocycles. The average molecular weight is 451 g/mol. The molecule has 162 valence electrons. The number of rotatable bonds is 5. The summed E-state index contributed by atoms with van der Waals surface area (Å²) in [4.78, 5) is 20.5. The van der Waals surface area contributed by atoms with E-state index in [0.29, 0.717) is 18.0 Å². The quantitative estimate of drug-likeness (QED) is 0.615. The number of aromatic nitrogens is 2. The highest BCUT2D eigenvalue weighted by molar-refractivity contribution is 6.03. The van der Waals surface area contributed by atoms with Crippen LogP contribution in [0.15, 0.2) is 48.8 Å². The van der Waals surface area contributed by atoms with E-state index in [0.717, 1.165) is 43.3 Å². The standard InChI is InChI=1S/C21H17F3N4O2.ClH/c22-13-2-1-3-14(23)19(13)20-15(24)4-5-16(27-20)21(29)28-17-11-26-9-7-18(17)30-12-6-8-25-10-12;/h1-5,7,9,11-12,25H,6,8,10H2,(H,28,29);1H. The summed E-state index contributed by atoms with van der Waals surface area (Å²) in [6.07, 6.45) is 3.73. The topological polar surface area (TPSA) is 76.1 Å². The number of benzene rings is 1. The van der Waals surface area contributed by atoms with Crippen LogP contribution in [0.3, 0.4) is 0 Å². The van der Waals surface area contributed by atoms with Crippen molar-refractivity contribution in [1.29, 1.82) is 0 Å². The van der Waals surface area contributed by atoms with Gasteiger partial charge in [-0.2, -0.15) is 0 Å². The lowest BCUT2D eigenvalue weighted by atomic mass is 10.1. The molecule has 10 heteroatoms. The summed E-state index contributed by atoms with van der Waals surface area (Å²) in [6.45, 7) is 1.53. The Morgan fingerprint density at radius 3 is 2.58 bits per heavy atom. The number of pyridine rings is 2. The number of carbonyl (C=O) groups excluding carboxylic acids is 1. The van der Waals surface area contributed by atoms with Crippen LogP contribution in [0.25, 0.3) is 11.3 Å². The maximum Gasteiger partial charge on any atom is 0.274 e. The zero-order valence-corrected chi connectivity index (χ0v) is 16.9. The third kappa shape index (κ3) is 4.95. The molecule has 1 atom stereocenters. The van der Waals surface area contributed by atoms with E-state index < -0.39 is 34.6 Å². The Labute approximate surface area is 182 Å². The zero-order valence-electron chi connectivity index (χ0n) is 16.1. The number of nitrogens with one attached hydrogen (secondary N) is 2. The maximum atomic E-state index is 14.2. The Morgan fingerprint density at radius 2 is 1.87 bits per heavy atom. The van der Waals surface area contributed by atoms with Crippen molar-refractivity contribution in [3.05, 3.63) is 71.9 Å². The third-order valence-corrected chi connectivity index (χ3v) is 4.62. The van der Waals surface area contributed by atoms with Gasteiger partial charge in [-0.25, -0.2) is 18.2 Å². The van der Waals surface area contributed by atoms with Crippen LogP contribution in [0.4, 0.5) is 18.9 Å². The van der Waals surface area contributed by atoms with Gasteiger partial charge in [0.15, 0.2) is 0 Å². The van der Waals surface area contributed by atoms with Gasteiger partial charge in [-0.05, 0) is 37.2 Å². The van der Waals surface area contributed by atoms with Crippen molar-refractivity contribution in [3.63, 3.8) is 0 Å². The Hall–Kier alpha value is -3.17. The van der Waals surface area contributed by atoms with Crippen molar-refractivity contribution < 1.29 is 22.7 Å². The molecular formula is C21H18ClF3N4O2. The molecule has 1 unspecified atom stereocenters. The fourth-order valence-electron chi connectivity index (χ4n) is 3.14. The van der Waals surface area contributed by atoms with E-state index in [1.54, 1.807) is 6.07 Å². The zero-order chi connectivity index (χ0) is 21.1. The molecule has 0 bridgehead atoms. The molecule has 0 radical (unpaired) electrons. The summed E-state index contributed by atoms with van der Waals surface area (Å²) >= 11 is 0. The fourth-order valence-corrected chi connectivity index (χ4v) is 3.14. The Balaban J connectivity index is 0.00000272. The van der Waals surface area contributed by atoms with E-state index in [1.165, 1.54) is 12.4 Å². The first-order valence-corrected chi connectivity index (χ1v) is 9.26. The van der Waals surface area contributed by atoms with Crippen LogP contribution in [0.1, 0.15) is 16.9 Å². The fraction of sp³-hybridized carbons (Fsp3) is 0.190. The minimum Gasteiger partial charge on any atom is -0.487 e. The molecule has 31 heavy (non-hydrogen) atoms. The summed E-state index contributed by atoms with van der Waals surface area (Å²) in [5.41, 5.74) is -1.13. The second-order valence-corrected chi connectivity index (χ2v) is 6.68. The van der Waals surface area contributed by atoms with Crippen LogP contribution >= 0.6 is 12.4 Å². The SMILES string of the molecule is Cl.O=C(Nc1cnccc1OC1CCNC1)c1ccc(F)c(-c2c(F)cccc2F)n1. The smallest absolute Gasteiger partial charge is 0.274 e. The normalized spacial score (nSPS) is 15.3. The summed E-state index contributed by atoms with van der Waals surface area (Å²) in [6, 6.07) is 6.82. The van der Waals surface area contributed by atoms with Crippen molar-refractivity contribution in [2.24, 2.45) is 0 Å². The number of hydrogen-bond donors (Lipinski definition) is 2. The third-order valence-electron chi connectivity index (χ3n) is 4.62. The minimum atomic E-state index is -0.980. The van der Waals surface area contributed by atoms with Crippen LogP contribution in [0.2, 0.25) is 0 Å². The van der Waals surface area contributed by atoms with Crippen molar-refractivity contribution in [1.82, 2.24) is 15.3 Å². The molecule has 1 aromatic carbocycles. The lowest BCUT2D eigenvalue weighted by Gasteiger charge is -2.16. The molecule has 1 fully saturated rings. The van der Waals surface area contributed by atoms with Crippen LogP contribution < -0.4 is 15.4 Å². The summed E-state index contributed by atoms with van der Waals surface area (Å²) in [5.74, 6) is -3.18. The van der Waals surface area contributed by atoms with Gasteiger partial charge in [0.05, 0.1) is 11.8 Å². The Morgan fingerprint density at radius 1 is 1.10 bits per heavy atom. The van der Waals surface area contributed by atoms with Crippen LogP contribution in [-0.4, -0.2) is 35.1 Å². The molecule has 0 saturated carbocycles. The number of amides is 1. The number of anilines is 1. The first kappa shape index (κ1) is 22.5. The van der Waals surface area contributed by atoms with Gasteiger partial charge in [-0.3, -0.25) is 9.78 Å². The largest absolute Gasteiger partial charge is 0.487 e. The Bertz CT molecular complexity index is 1070. The molecule has 2 aromatic heterocycles. The molecule has 4 rings (SSSR count). The molecule has 3 heterocycles. The molecule has 0 spiro atoms. The Kier molecular flexibility index (Phi) is 7.09. The monoisotopic (exact) mass is 450 g/mol. The molecule has 1 amide bonds. The summed E-state index contributed by atoms with van der Waals surface area (Å²) in [7, 11) is 0. The van der Waals surface area contributed by atoms with Crippen molar-refractivity contribution in [3.8, 4) is 17.0 Å². The van der Waals surface area contributed by atoms with Crippen molar-refractivity contribution >= 4 is 24.0 Å². The van der Waals surface area contributed by atoms with Crippen molar-refractivity contribution in [2.75, 3.05) is 18.4 Å². The van der Waals surface area contributed by atoms with Gasteiger partial charge in [0, 0.05) is 18.8 Å². The van der Waals surface area contributed by atoms with Gasteiger partial charge in [0.25, 0.3) is 5.91 Å². The second kappa shape index (κ2) is 9.76. The first-order valence-electron chi connectivity index (χ1n) is 9.26. The summed E-state index contributed by atoms with van der Waals surface area (Å²) in [5, 5.41) is 5.79. The molecule has 3 aromatic rings. The van der Waals surface area contributed by atoms with Crippen LogP contribution in [0, 0.1) is 17.5 Å². The second-order valence-electron chi connectivity index (χ2n) is 6.68. The number of nitrogens with zero attached hydrogens (tertiary/aromatic N) is 2. The number of ether oxygens (including phenoxy) is 1. The van der Waals surface area contributed by atoms with E-state index in [2.05, 4.69) is 20.6 Å². The van der Waals surface area contributed by atoms with Crippen LogP contribution in [-0.2, 0) is 0 Å². The van der Waals surface area contributed by atoms with Gasteiger partial charge < -0.3 is 15.4 Å². The molecule has 0 aliphatic carbocycles. The summed E-state index contributed by atoms with van der Waals surface area (Å²) < 4.78 is 48.3. The molecule has 2 N–H and O–H groups in total. The number of halogens is 4. The number of carbonyl (C=O) groups is 1. The van der Waals surface area contributed by atoms with E-state index in [1.807, 2.05) is 0 Å².